The van der Waals surface area contributed by atoms with Crippen molar-refractivity contribution in [1.82, 2.24) is 4.98 Å². The quantitative estimate of drug-likeness (QED) is 0.807. The van der Waals surface area contributed by atoms with Crippen LogP contribution in [-0.2, 0) is 6.42 Å². The summed E-state index contributed by atoms with van der Waals surface area (Å²) in [6.07, 6.45) is 5.16. The second-order valence-electron chi connectivity index (χ2n) is 3.13. The molecule has 1 N–H and O–H groups in total. The van der Waals surface area contributed by atoms with E-state index >= 15 is 0 Å². The summed E-state index contributed by atoms with van der Waals surface area (Å²) in [6, 6.07) is 1.90. The highest BCUT2D eigenvalue weighted by Crippen LogP contribution is 2.18. The Balaban J connectivity index is 2.67. The van der Waals surface area contributed by atoms with Crippen molar-refractivity contribution >= 4 is 11.6 Å². The molecule has 0 amide bonds. The first-order chi connectivity index (χ1) is 6.27. The molecule has 3 heteroatoms. The molecule has 2 nitrogen and oxygen atoms in total. The van der Waals surface area contributed by atoms with Crippen molar-refractivity contribution in [2.24, 2.45) is 5.92 Å². The summed E-state index contributed by atoms with van der Waals surface area (Å²) >= 11 is 5.94. The fourth-order valence-corrected chi connectivity index (χ4v) is 1.42. The van der Waals surface area contributed by atoms with Gasteiger partial charge in [0.2, 0.25) is 0 Å². The number of pyridine rings is 1. The van der Waals surface area contributed by atoms with E-state index in [0.717, 1.165) is 18.4 Å². The molecule has 0 fully saturated rings. The van der Waals surface area contributed by atoms with Crippen LogP contribution in [0.2, 0.25) is 5.02 Å². The van der Waals surface area contributed by atoms with E-state index < -0.39 is 0 Å². The molecule has 0 spiro atoms. The normalized spacial score (nSPS) is 12.8. The smallest absolute Gasteiger partial charge is 0.0621 e. The highest BCUT2D eigenvalue weighted by atomic mass is 35.5. The lowest BCUT2D eigenvalue weighted by atomic mass is 9.99. The number of hydrogen-bond donors (Lipinski definition) is 1. The van der Waals surface area contributed by atoms with E-state index in [9.17, 15) is 0 Å². The maximum absolute atomic E-state index is 9.02. The summed E-state index contributed by atoms with van der Waals surface area (Å²) in [5.74, 6) is 0.305. The monoisotopic (exact) mass is 199 g/mol. The van der Waals surface area contributed by atoms with Crippen molar-refractivity contribution in [3.8, 4) is 0 Å². The van der Waals surface area contributed by atoms with E-state index in [-0.39, 0.29) is 6.61 Å². The third kappa shape index (κ3) is 2.98. The number of rotatable bonds is 4. The van der Waals surface area contributed by atoms with Crippen LogP contribution in [0, 0.1) is 5.92 Å². The number of nitrogens with zero attached hydrogens (tertiary/aromatic N) is 1. The molecule has 1 unspecified atom stereocenters. The molecule has 0 aliphatic heterocycles. The highest BCUT2D eigenvalue weighted by molar-refractivity contribution is 6.31. The molecule has 0 radical (unpaired) electrons. The van der Waals surface area contributed by atoms with Gasteiger partial charge in [0.15, 0.2) is 0 Å². The molecular formula is C10H14ClNO. The fraction of sp³-hybridized carbons (Fsp3) is 0.500. The summed E-state index contributed by atoms with van der Waals surface area (Å²) in [7, 11) is 0. The van der Waals surface area contributed by atoms with Crippen LogP contribution in [0.4, 0.5) is 0 Å². The molecule has 0 bridgehead atoms. The minimum Gasteiger partial charge on any atom is -0.396 e. The molecule has 0 aromatic carbocycles. The predicted molar refractivity (Wildman–Crippen MR) is 53.8 cm³/mol. The van der Waals surface area contributed by atoms with Crippen LogP contribution < -0.4 is 0 Å². The molecule has 13 heavy (non-hydrogen) atoms. The van der Waals surface area contributed by atoms with Crippen molar-refractivity contribution < 1.29 is 5.11 Å². The topological polar surface area (TPSA) is 33.1 Å². The zero-order valence-electron chi connectivity index (χ0n) is 7.70. The Labute approximate surface area is 83.6 Å². The minimum atomic E-state index is 0.217. The van der Waals surface area contributed by atoms with Crippen LogP contribution in [0.15, 0.2) is 18.5 Å². The zero-order chi connectivity index (χ0) is 9.68. The molecule has 1 atom stereocenters. The number of aliphatic hydroxyl groups is 1. The molecule has 0 saturated heterocycles. The summed E-state index contributed by atoms with van der Waals surface area (Å²) in [4.78, 5) is 3.91. The molecule has 0 aliphatic carbocycles. The van der Waals surface area contributed by atoms with Crippen LogP contribution in [0.3, 0.4) is 0 Å². The van der Waals surface area contributed by atoms with Gasteiger partial charge < -0.3 is 5.11 Å². The lowest BCUT2D eigenvalue weighted by Crippen LogP contribution is -2.08. The van der Waals surface area contributed by atoms with Crippen molar-refractivity contribution in [1.29, 1.82) is 0 Å². The van der Waals surface area contributed by atoms with Crippen LogP contribution in [0.5, 0.6) is 0 Å². The van der Waals surface area contributed by atoms with Crippen LogP contribution in [-0.4, -0.2) is 16.7 Å². The number of halogens is 1. The first-order valence-electron chi connectivity index (χ1n) is 4.47. The predicted octanol–water partition coefficient (Wildman–Crippen LogP) is 2.30. The van der Waals surface area contributed by atoms with E-state index in [1.165, 1.54) is 0 Å². The van der Waals surface area contributed by atoms with Gasteiger partial charge in [-0.3, -0.25) is 4.98 Å². The average Bonchev–Trinajstić information content (AvgIpc) is 2.17. The molecule has 1 aromatic rings. The minimum absolute atomic E-state index is 0.217. The Kier molecular flexibility index (Phi) is 4.19. The van der Waals surface area contributed by atoms with E-state index in [2.05, 4.69) is 11.9 Å². The van der Waals surface area contributed by atoms with Gasteiger partial charge >= 0.3 is 0 Å². The van der Waals surface area contributed by atoms with E-state index in [0.29, 0.717) is 10.9 Å². The van der Waals surface area contributed by atoms with Crippen molar-refractivity contribution in [2.75, 3.05) is 6.61 Å². The first kappa shape index (κ1) is 10.5. The molecule has 1 heterocycles. The molecule has 72 valence electrons. The van der Waals surface area contributed by atoms with Gasteiger partial charge in [0.1, 0.15) is 0 Å². The largest absolute Gasteiger partial charge is 0.396 e. The summed E-state index contributed by atoms with van der Waals surface area (Å²) in [5.41, 5.74) is 1.07. The number of hydrogen-bond acceptors (Lipinski definition) is 2. The molecule has 1 rings (SSSR count). The second-order valence-corrected chi connectivity index (χ2v) is 3.54. The van der Waals surface area contributed by atoms with E-state index in [4.69, 9.17) is 16.7 Å². The summed E-state index contributed by atoms with van der Waals surface area (Å²) in [5, 5.41) is 9.71. The third-order valence-corrected chi connectivity index (χ3v) is 2.54. The first-order valence-corrected chi connectivity index (χ1v) is 4.85. The van der Waals surface area contributed by atoms with Gasteiger partial charge in [0.25, 0.3) is 0 Å². The average molecular weight is 200 g/mol. The Bertz CT molecular complexity index is 261. The molecular weight excluding hydrogens is 186 g/mol. The highest BCUT2D eigenvalue weighted by Gasteiger charge is 2.08. The van der Waals surface area contributed by atoms with Gasteiger partial charge in [-0.15, -0.1) is 0 Å². The van der Waals surface area contributed by atoms with E-state index in [1.807, 2.05) is 6.07 Å². The van der Waals surface area contributed by atoms with Gasteiger partial charge in [-0.2, -0.15) is 0 Å². The van der Waals surface area contributed by atoms with Crippen LogP contribution in [0.1, 0.15) is 18.9 Å². The maximum Gasteiger partial charge on any atom is 0.0621 e. The lowest BCUT2D eigenvalue weighted by Gasteiger charge is -2.11. The van der Waals surface area contributed by atoms with Crippen LogP contribution >= 0.6 is 11.6 Å². The second kappa shape index (κ2) is 5.20. The Hall–Kier alpha value is -0.600. The Morgan fingerprint density at radius 3 is 2.92 bits per heavy atom. The molecule has 0 saturated carbocycles. The Morgan fingerprint density at radius 1 is 1.62 bits per heavy atom. The standard InChI is InChI=1S/C10H14ClNO/c1-2-8(7-13)5-9-3-4-12-6-10(9)11/h3-4,6,8,13H,2,5,7H2,1H3. The summed E-state index contributed by atoms with van der Waals surface area (Å²) in [6.45, 7) is 2.28. The molecule has 0 aliphatic rings. The van der Waals surface area contributed by atoms with Crippen molar-refractivity contribution in [3.63, 3.8) is 0 Å². The van der Waals surface area contributed by atoms with Gasteiger partial charge in [-0.1, -0.05) is 24.9 Å². The van der Waals surface area contributed by atoms with E-state index in [1.54, 1.807) is 12.4 Å². The van der Waals surface area contributed by atoms with Crippen LogP contribution in [0.25, 0.3) is 0 Å². The number of aromatic nitrogens is 1. The van der Waals surface area contributed by atoms with Gasteiger partial charge in [0.05, 0.1) is 5.02 Å². The third-order valence-electron chi connectivity index (χ3n) is 2.20. The van der Waals surface area contributed by atoms with Gasteiger partial charge in [-0.25, -0.2) is 0 Å². The zero-order valence-corrected chi connectivity index (χ0v) is 8.46. The van der Waals surface area contributed by atoms with Crippen molar-refractivity contribution in [2.45, 2.75) is 19.8 Å². The van der Waals surface area contributed by atoms with Crippen molar-refractivity contribution in [3.05, 3.63) is 29.0 Å². The maximum atomic E-state index is 9.02. The fourth-order valence-electron chi connectivity index (χ4n) is 1.22. The SMILES string of the molecule is CCC(CO)Cc1ccncc1Cl. The van der Waals surface area contributed by atoms with Gasteiger partial charge in [0, 0.05) is 19.0 Å². The Morgan fingerprint density at radius 2 is 2.38 bits per heavy atom. The lowest BCUT2D eigenvalue weighted by molar-refractivity contribution is 0.222. The number of aliphatic hydroxyl groups excluding tert-OH is 1. The molecule has 1 aromatic heterocycles. The summed E-state index contributed by atoms with van der Waals surface area (Å²) < 4.78 is 0. The van der Waals surface area contributed by atoms with Gasteiger partial charge in [-0.05, 0) is 24.0 Å².